The minimum Gasteiger partial charge on any atom is -0.478 e. The Morgan fingerprint density at radius 1 is 0.638 bits per heavy atom. The van der Waals surface area contributed by atoms with Gasteiger partial charge in [-0.25, -0.2) is 9.59 Å². The van der Waals surface area contributed by atoms with Gasteiger partial charge in [-0.1, -0.05) is 46.7 Å². The molecule has 0 radical (unpaired) electrons. The molecule has 1 N–H and O–H groups in total. The Kier molecular flexibility index (Phi) is 11.3. The Bertz CT molecular complexity index is 3600. The fourth-order valence-electron chi connectivity index (χ4n) is 9.68. The van der Waals surface area contributed by atoms with Gasteiger partial charge in [0.05, 0.1) is 75.2 Å². The minimum atomic E-state index is -1.00. The number of aryl methyl sites for hydroxylation is 5. The highest BCUT2D eigenvalue weighted by molar-refractivity contribution is 5.99. The maximum absolute atomic E-state index is 13.9. The zero-order chi connectivity index (χ0) is 48.2. The zero-order valence-electron chi connectivity index (χ0n) is 39.4. The van der Waals surface area contributed by atoms with Crippen LogP contribution in [-0.2, 0) is 11.2 Å². The smallest absolute Gasteiger partial charge is 0.338 e. The van der Waals surface area contributed by atoms with Crippen LogP contribution in [-0.4, -0.2) is 63.5 Å². The van der Waals surface area contributed by atoms with Crippen molar-refractivity contribution in [2.75, 3.05) is 7.11 Å². The van der Waals surface area contributed by atoms with Crippen LogP contribution in [0.3, 0.4) is 0 Å². The lowest BCUT2D eigenvalue weighted by atomic mass is 9.94. The van der Waals surface area contributed by atoms with Crippen molar-refractivity contribution in [2.45, 2.75) is 67.0 Å². The lowest BCUT2D eigenvalue weighted by Crippen LogP contribution is -2.12. The van der Waals surface area contributed by atoms with Crippen molar-refractivity contribution in [3.63, 3.8) is 0 Å². The van der Waals surface area contributed by atoms with Crippen LogP contribution >= 0.6 is 0 Å². The van der Waals surface area contributed by atoms with Gasteiger partial charge < -0.3 is 28.0 Å². The third-order valence-corrected chi connectivity index (χ3v) is 13.2. The molecular weight excluding hydrogens is 869 g/mol. The second-order valence-electron chi connectivity index (χ2n) is 17.5. The molecule has 0 unspecified atom stereocenters. The molecule has 0 aliphatic rings. The van der Waals surface area contributed by atoms with Gasteiger partial charge in [-0.3, -0.25) is 19.9 Å². The maximum Gasteiger partial charge on any atom is 0.338 e. The third-order valence-electron chi connectivity index (χ3n) is 13.2. The van der Waals surface area contributed by atoms with E-state index >= 15 is 0 Å². The molecule has 14 nitrogen and oxygen atoms in total. The number of aromatic carboxylic acids is 1. The largest absolute Gasteiger partial charge is 0.478 e. The third kappa shape index (κ3) is 7.82. The number of pyridine rings is 4. The Labute approximate surface area is 397 Å². The first-order valence-corrected chi connectivity index (χ1v) is 22.6. The van der Waals surface area contributed by atoms with Gasteiger partial charge in [-0.05, 0) is 119 Å². The van der Waals surface area contributed by atoms with Crippen LogP contribution in [0.2, 0.25) is 0 Å². The summed E-state index contributed by atoms with van der Waals surface area (Å²) in [6, 6.07) is 24.8. The van der Waals surface area contributed by atoms with E-state index in [0.29, 0.717) is 34.6 Å². The van der Waals surface area contributed by atoms with E-state index in [2.05, 4.69) is 56.6 Å². The number of carbonyl (C=O) groups is 2. The average molecular weight is 917 g/mol. The molecule has 0 saturated heterocycles. The molecule has 10 rings (SSSR count). The van der Waals surface area contributed by atoms with Gasteiger partial charge in [0.15, 0.2) is 0 Å². The molecular formula is C55H48N8O6. The summed E-state index contributed by atoms with van der Waals surface area (Å²) >= 11 is 0. The fraction of sp³-hybridized carbons (Fsp3) is 0.200. The first kappa shape index (κ1) is 44.3. The predicted octanol–water partition coefficient (Wildman–Crippen LogP) is 11.7. The number of carbonyl (C=O) groups excluding carboxylic acids is 1. The second-order valence-corrected chi connectivity index (χ2v) is 17.5. The van der Waals surface area contributed by atoms with Gasteiger partial charge in [-0.2, -0.15) is 0 Å². The monoisotopic (exact) mass is 916 g/mol. The molecule has 8 heterocycles. The molecule has 2 aromatic carbocycles. The van der Waals surface area contributed by atoms with Crippen LogP contribution < -0.4 is 0 Å². The number of aromatic nitrogens is 8. The Morgan fingerprint density at radius 3 is 1.77 bits per heavy atom. The second kappa shape index (κ2) is 17.6. The number of hydrogen-bond acceptors (Lipinski definition) is 11. The van der Waals surface area contributed by atoms with E-state index in [-0.39, 0.29) is 17.6 Å². The topological polar surface area (TPSA) is 177 Å². The molecule has 8 aromatic heterocycles. The van der Waals surface area contributed by atoms with Gasteiger partial charge in [0.1, 0.15) is 11.5 Å². The van der Waals surface area contributed by atoms with Gasteiger partial charge in [-0.15, -0.1) is 0 Å². The highest BCUT2D eigenvalue weighted by Crippen LogP contribution is 2.40. The van der Waals surface area contributed by atoms with E-state index in [1.54, 1.807) is 31.6 Å². The highest BCUT2D eigenvalue weighted by Gasteiger charge is 2.26. The summed E-state index contributed by atoms with van der Waals surface area (Å²) in [6.07, 6.45) is 11.7. The van der Waals surface area contributed by atoms with Crippen molar-refractivity contribution in [1.82, 2.24) is 39.4 Å². The lowest BCUT2D eigenvalue weighted by Gasteiger charge is -2.19. The highest BCUT2D eigenvalue weighted by atomic mass is 16.5. The van der Waals surface area contributed by atoms with E-state index in [9.17, 15) is 14.7 Å². The Hall–Kier alpha value is -8.52. The first-order chi connectivity index (χ1) is 33.3. The van der Waals surface area contributed by atoms with Gasteiger partial charge in [0.2, 0.25) is 0 Å². The number of carboxylic acid groups (broad SMARTS) is 1. The molecule has 0 amide bonds. The molecule has 14 heteroatoms. The summed E-state index contributed by atoms with van der Waals surface area (Å²) in [4.78, 5) is 45.8. The summed E-state index contributed by atoms with van der Waals surface area (Å²) < 4.78 is 20.8. The summed E-state index contributed by atoms with van der Waals surface area (Å²) in [7, 11) is 1.39. The number of carboxylic acids is 1. The number of benzene rings is 2. The van der Waals surface area contributed by atoms with Crippen LogP contribution in [0.15, 0.2) is 125 Å². The SMILES string of the molecule is COC(=O)c1cc(-c2cn([C@@H](C)c3ccccn3)c3cc(-c4c(C)noc4C)cnc23)ccc1Cc1cccnc1[C@H](C)n1cc(-c2ccc(C)c(C(=O)O)c2)c2ncc(-c3c(C)noc3C)cc21. The van der Waals surface area contributed by atoms with E-state index in [0.717, 1.165) is 95.0 Å². The van der Waals surface area contributed by atoms with Crippen molar-refractivity contribution < 1.29 is 28.5 Å². The molecule has 344 valence electrons. The molecule has 0 saturated carbocycles. The number of rotatable bonds is 12. The van der Waals surface area contributed by atoms with Crippen molar-refractivity contribution in [2.24, 2.45) is 0 Å². The molecule has 0 bridgehead atoms. The van der Waals surface area contributed by atoms with Crippen molar-refractivity contribution >= 4 is 34.0 Å². The molecule has 0 aliphatic carbocycles. The van der Waals surface area contributed by atoms with E-state index < -0.39 is 11.9 Å². The first-order valence-electron chi connectivity index (χ1n) is 22.6. The number of methoxy groups -OCH3 is 1. The van der Waals surface area contributed by atoms with E-state index in [1.807, 2.05) is 101 Å². The Morgan fingerprint density at radius 2 is 1.22 bits per heavy atom. The summed E-state index contributed by atoms with van der Waals surface area (Å²) in [6.45, 7) is 13.6. The van der Waals surface area contributed by atoms with Gasteiger partial charge in [0, 0.05) is 77.0 Å². The van der Waals surface area contributed by atoms with E-state index in [1.165, 1.54) is 7.11 Å². The zero-order valence-corrected chi connectivity index (χ0v) is 39.4. The van der Waals surface area contributed by atoms with Gasteiger partial charge in [0.25, 0.3) is 0 Å². The van der Waals surface area contributed by atoms with Crippen LogP contribution in [0.5, 0.6) is 0 Å². The summed E-state index contributed by atoms with van der Waals surface area (Å²) in [5, 5.41) is 18.4. The van der Waals surface area contributed by atoms with Crippen LogP contribution in [0, 0.1) is 34.6 Å². The molecule has 0 spiro atoms. The van der Waals surface area contributed by atoms with Crippen molar-refractivity contribution in [1.29, 1.82) is 0 Å². The minimum absolute atomic E-state index is 0.152. The quantitative estimate of drug-likeness (QED) is 0.115. The average Bonchev–Trinajstić information content (AvgIpc) is 4.13. The maximum atomic E-state index is 13.9. The number of esters is 1. The van der Waals surface area contributed by atoms with E-state index in [4.69, 9.17) is 28.7 Å². The standard InChI is InChI=1S/C55H48N8O6/c1-29-14-15-37(21-42(29)54(64)65)45-28-63(48-24-41(26-59-53(45)48)50-31(3)61-69-35(50)7)33(5)51-39(12-11-19-57-51)20-36-16-17-38(22-43(36)55(66)67-8)44-27-62(32(4)46-13-9-10-18-56-46)47-23-40(25-58-52(44)47)49-30(2)60-68-34(49)6/h9-19,21-28,32-33H,20H2,1-8H3,(H,64,65)/t32-,33-/m0/s1. The molecule has 0 fully saturated rings. The van der Waals surface area contributed by atoms with Crippen LogP contribution in [0.25, 0.3) is 66.6 Å². The van der Waals surface area contributed by atoms with Crippen LogP contribution in [0.4, 0.5) is 0 Å². The molecule has 0 aliphatic heterocycles. The molecule has 2 atom stereocenters. The number of ether oxygens (including phenoxy) is 1. The summed E-state index contributed by atoms with van der Waals surface area (Å²) in [5.41, 5.74) is 15.9. The Balaban J connectivity index is 1.07. The number of nitrogens with zero attached hydrogens (tertiary/aromatic N) is 8. The molecule has 69 heavy (non-hydrogen) atoms. The fourth-order valence-corrected chi connectivity index (χ4v) is 9.68. The number of fused-ring (bicyclic) bond motifs is 2. The lowest BCUT2D eigenvalue weighted by molar-refractivity contribution is 0.0598. The summed E-state index contributed by atoms with van der Waals surface area (Å²) in [5.74, 6) is -0.0900. The predicted molar refractivity (Wildman–Crippen MR) is 262 cm³/mol. The van der Waals surface area contributed by atoms with Crippen molar-refractivity contribution in [3.05, 3.63) is 178 Å². The number of hydrogen-bond donors (Lipinski definition) is 1. The molecule has 10 aromatic rings. The van der Waals surface area contributed by atoms with Crippen LogP contribution in [0.1, 0.15) is 97.6 Å². The van der Waals surface area contributed by atoms with Crippen molar-refractivity contribution in [3.8, 4) is 44.5 Å². The normalized spacial score (nSPS) is 12.5. The van der Waals surface area contributed by atoms with Gasteiger partial charge >= 0.3 is 11.9 Å².